The fourth-order valence-electron chi connectivity index (χ4n) is 1.48. The van der Waals surface area contributed by atoms with Crippen molar-refractivity contribution in [3.05, 3.63) is 24.3 Å². The third kappa shape index (κ3) is 3.25. The highest BCUT2D eigenvalue weighted by atomic mass is 32.2. The van der Waals surface area contributed by atoms with Crippen LogP contribution < -0.4 is 4.74 Å². The highest BCUT2D eigenvalue weighted by Crippen LogP contribution is 2.22. The molecule has 0 aliphatic rings. The Morgan fingerprint density at radius 3 is 2.68 bits per heavy atom. The number of hydrogen-bond donors (Lipinski definition) is 1. The molecule has 0 amide bonds. The van der Waals surface area contributed by atoms with E-state index >= 15 is 0 Å². The van der Waals surface area contributed by atoms with Gasteiger partial charge >= 0.3 is 5.97 Å². The van der Waals surface area contributed by atoms with Crippen molar-refractivity contribution < 1.29 is 14.6 Å². The highest BCUT2D eigenvalue weighted by Gasteiger charge is 2.11. The number of hydrogen-bond acceptors (Lipinski definition) is 5. The molecule has 1 N–H and O–H groups in total. The van der Waals surface area contributed by atoms with E-state index in [1.165, 1.54) is 0 Å². The molecule has 0 atom stereocenters. The smallest absolute Gasteiger partial charge is 0.313 e. The first-order valence-electron chi connectivity index (χ1n) is 5.50. The van der Waals surface area contributed by atoms with E-state index in [1.54, 1.807) is 18.8 Å². The summed E-state index contributed by atoms with van der Waals surface area (Å²) in [7, 11) is 3.35. The number of ether oxygens (including phenoxy) is 1. The Kier molecular flexibility index (Phi) is 4.06. The summed E-state index contributed by atoms with van der Waals surface area (Å²) in [5, 5.41) is 13.5. The van der Waals surface area contributed by atoms with Crippen molar-refractivity contribution in [1.29, 1.82) is 0 Å². The van der Waals surface area contributed by atoms with Crippen LogP contribution in [0.3, 0.4) is 0 Å². The van der Waals surface area contributed by atoms with Gasteiger partial charge in [0, 0.05) is 12.6 Å². The molecule has 0 saturated carbocycles. The van der Waals surface area contributed by atoms with Gasteiger partial charge in [-0.1, -0.05) is 11.8 Å². The molecule has 100 valence electrons. The van der Waals surface area contributed by atoms with Crippen LogP contribution in [0.25, 0.3) is 11.4 Å². The quantitative estimate of drug-likeness (QED) is 0.839. The third-order valence-electron chi connectivity index (χ3n) is 2.40. The first-order chi connectivity index (χ1) is 9.10. The second kappa shape index (κ2) is 5.75. The van der Waals surface area contributed by atoms with Gasteiger partial charge in [-0.25, -0.2) is 9.67 Å². The van der Waals surface area contributed by atoms with Gasteiger partial charge in [0.05, 0.1) is 12.9 Å². The van der Waals surface area contributed by atoms with E-state index in [2.05, 4.69) is 10.1 Å². The first-order valence-corrected chi connectivity index (χ1v) is 6.49. The number of carbonyl (C=O) groups is 1. The second-order valence-electron chi connectivity index (χ2n) is 3.75. The Balaban J connectivity index is 2.20. The Morgan fingerprint density at radius 2 is 2.11 bits per heavy atom. The van der Waals surface area contributed by atoms with Crippen molar-refractivity contribution in [1.82, 2.24) is 14.8 Å². The van der Waals surface area contributed by atoms with E-state index in [1.807, 2.05) is 24.3 Å². The molecule has 1 aromatic heterocycles. The Labute approximate surface area is 114 Å². The predicted octanol–water partition coefficient (Wildman–Crippen LogP) is 1.67. The Bertz CT molecular complexity index is 580. The number of rotatable bonds is 5. The lowest BCUT2D eigenvalue weighted by Gasteiger charge is -1.99. The minimum atomic E-state index is -0.876. The van der Waals surface area contributed by atoms with Gasteiger partial charge in [0.1, 0.15) is 5.75 Å². The molecule has 0 fully saturated rings. The van der Waals surface area contributed by atoms with E-state index < -0.39 is 5.97 Å². The molecule has 2 rings (SSSR count). The molecule has 1 heterocycles. The van der Waals surface area contributed by atoms with Crippen molar-refractivity contribution in [3.63, 3.8) is 0 Å². The second-order valence-corrected chi connectivity index (χ2v) is 4.70. The minimum absolute atomic E-state index is 0.0331. The van der Waals surface area contributed by atoms with Crippen LogP contribution >= 0.6 is 11.8 Å². The Morgan fingerprint density at radius 1 is 1.42 bits per heavy atom. The van der Waals surface area contributed by atoms with Crippen molar-refractivity contribution in [3.8, 4) is 17.1 Å². The molecular weight excluding hydrogens is 266 g/mol. The van der Waals surface area contributed by atoms with Gasteiger partial charge in [-0.3, -0.25) is 4.79 Å². The molecule has 0 saturated heterocycles. The average molecular weight is 279 g/mol. The summed E-state index contributed by atoms with van der Waals surface area (Å²) in [6.07, 6.45) is 0. The predicted molar refractivity (Wildman–Crippen MR) is 71.4 cm³/mol. The van der Waals surface area contributed by atoms with Crippen LogP contribution in [0.4, 0.5) is 0 Å². The molecule has 19 heavy (non-hydrogen) atoms. The fraction of sp³-hybridized carbons (Fsp3) is 0.250. The lowest BCUT2D eigenvalue weighted by atomic mass is 10.2. The van der Waals surface area contributed by atoms with Crippen LogP contribution in [-0.4, -0.2) is 38.7 Å². The summed E-state index contributed by atoms with van der Waals surface area (Å²) in [6.45, 7) is 0. The fourth-order valence-corrected chi connectivity index (χ4v) is 2.12. The zero-order chi connectivity index (χ0) is 13.8. The summed E-state index contributed by atoms with van der Waals surface area (Å²) in [5.41, 5.74) is 0.860. The molecule has 0 bridgehead atoms. The summed E-state index contributed by atoms with van der Waals surface area (Å²) < 4.78 is 6.66. The standard InChI is InChI=1S/C12H13N3O3S/c1-15-12(19-7-10(16)17)13-11(14-15)8-3-5-9(18-2)6-4-8/h3-6H,7H2,1-2H3,(H,16,17). The SMILES string of the molecule is COc1ccc(-c2nc(SCC(=O)O)n(C)n2)cc1. The van der Waals surface area contributed by atoms with E-state index in [0.29, 0.717) is 11.0 Å². The monoisotopic (exact) mass is 279 g/mol. The number of carboxylic acid groups (broad SMARTS) is 1. The number of carboxylic acids is 1. The summed E-state index contributed by atoms with van der Waals surface area (Å²) in [5.74, 6) is 0.423. The van der Waals surface area contributed by atoms with Gasteiger partial charge in [0.25, 0.3) is 0 Å². The topological polar surface area (TPSA) is 77.2 Å². The van der Waals surface area contributed by atoms with Crippen LogP contribution in [0.15, 0.2) is 29.4 Å². The maximum absolute atomic E-state index is 10.5. The molecule has 0 spiro atoms. The van der Waals surface area contributed by atoms with Gasteiger partial charge in [0.2, 0.25) is 0 Å². The summed E-state index contributed by atoms with van der Waals surface area (Å²) in [4.78, 5) is 14.9. The summed E-state index contributed by atoms with van der Waals surface area (Å²) in [6, 6.07) is 7.38. The Hall–Kier alpha value is -2.02. The maximum Gasteiger partial charge on any atom is 0.313 e. The lowest BCUT2D eigenvalue weighted by molar-refractivity contribution is -0.133. The normalized spacial score (nSPS) is 10.4. The number of benzene rings is 1. The molecule has 2 aromatic rings. The zero-order valence-corrected chi connectivity index (χ0v) is 11.3. The largest absolute Gasteiger partial charge is 0.497 e. The first kappa shape index (κ1) is 13.4. The van der Waals surface area contributed by atoms with Crippen LogP contribution in [0.1, 0.15) is 0 Å². The third-order valence-corrected chi connectivity index (χ3v) is 3.40. The number of nitrogens with zero attached hydrogens (tertiary/aromatic N) is 3. The van der Waals surface area contributed by atoms with Crippen molar-refractivity contribution in [2.24, 2.45) is 7.05 Å². The van der Waals surface area contributed by atoms with Crippen molar-refractivity contribution >= 4 is 17.7 Å². The van der Waals surface area contributed by atoms with Crippen LogP contribution in [-0.2, 0) is 11.8 Å². The molecule has 7 heteroatoms. The number of aryl methyl sites for hydroxylation is 1. The molecule has 6 nitrogen and oxygen atoms in total. The van der Waals surface area contributed by atoms with Crippen molar-refractivity contribution in [2.45, 2.75) is 5.16 Å². The van der Waals surface area contributed by atoms with E-state index in [-0.39, 0.29) is 5.75 Å². The highest BCUT2D eigenvalue weighted by molar-refractivity contribution is 7.99. The zero-order valence-electron chi connectivity index (χ0n) is 10.5. The van der Waals surface area contributed by atoms with E-state index in [9.17, 15) is 4.79 Å². The van der Waals surface area contributed by atoms with Crippen molar-refractivity contribution in [2.75, 3.05) is 12.9 Å². The molecule has 0 unspecified atom stereocenters. The van der Waals surface area contributed by atoms with Gasteiger partial charge in [-0.2, -0.15) is 5.10 Å². The average Bonchev–Trinajstić information content (AvgIpc) is 2.78. The van der Waals surface area contributed by atoms with Crippen LogP contribution in [0.5, 0.6) is 5.75 Å². The molecule has 0 aliphatic heterocycles. The molecule has 1 aromatic carbocycles. The van der Waals surface area contributed by atoms with E-state index in [4.69, 9.17) is 9.84 Å². The lowest BCUT2D eigenvalue weighted by Crippen LogP contribution is -2.00. The summed E-state index contributed by atoms with van der Waals surface area (Å²) >= 11 is 1.14. The number of aliphatic carboxylic acids is 1. The molecule has 0 radical (unpaired) electrons. The van der Waals surface area contributed by atoms with Gasteiger partial charge in [-0.15, -0.1) is 0 Å². The van der Waals surface area contributed by atoms with Gasteiger partial charge in [0.15, 0.2) is 11.0 Å². The maximum atomic E-state index is 10.5. The number of methoxy groups -OCH3 is 1. The minimum Gasteiger partial charge on any atom is -0.497 e. The molecular formula is C12H13N3O3S. The van der Waals surface area contributed by atoms with Crippen LogP contribution in [0.2, 0.25) is 0 Å². The van der Waals surface area contributed by atoms with Gasteiger partial charge in [-0.05, 0) is 24.3 Å². The van der Waals surface area contributed by atoms with Crippen LogP contribution in [0, 0.1) is 0 Å². The molecule has 0 aliphatic carbocycles. The van der Waals surface area contributed by atoms with E-state index in [0.717, 1.165) is 23.1 Å². The number of aromatic nitrogens is 3. The number of thioether (sulfide) groups is 1. The van der Waals surface area contributed by atoms with Gasteiger partial charge < -0.3 is 9.84 Å².